The minimum absolute atomic E-state index is 0.0943. The van der Waals surface area contributed by atoms with Crippen LogP contribution >= 0.6 is 0 Å². The highest BCUT2D eigenvalue weighted by Crippen LogP contribution is 2.20. The van der Waals surface area contributed by atoms with Crippen molar-refractivity contribution in [3.63, 3.8) is 0 Å². The topological polar surface area (TPSA) is 50.3 Å². The molecular formula is C16H21FN4O. The third-order valence-corrected chi connectivity index (χ3v) is 3.82. The number of ether oxygens (including phenoxy) is 1. The van der Waals surface area contributed by atoms with Gasteiger partial charge in [0.2, 0.25) is 0 Å². The van der Waals surface area contributed by atoms with Crippen LogP contribution in [0.3, 0.4) is 0 Å². The molecule has 0 unspecified atom stereocenters. The second kappa shape index (κ2) is 6.14. The smallest absolute Gasteiger partial charge is 0.137 e. The second-order valence-electron chi connectivity index (χ2n) is 6.19. The zero-order valence-electron chi connectivity index (χ0n) is 13.0. The fraction of sp³-hybridized carbons (Fsp3) is 0.500. The number of nitrogens with zero attached hydrogens (tertiary/aromatic N) is 3. The summed E-state index contributed by atoms with van der Waals surface area (Å²) in [5, 5.41) is 4.00. The van der Waals surface area contributed by atoms with E-state index < -0.39 is 0 Å². The maximum absolute atomic E-state index is 13.4. The molecule has 0 bridgehead atoms. The third kappa shape index (κ3) is 3.51. The maximum atomic E-state index is 13.4. The van der Waals surface area contributed by atoms with Crippen molar-refractivity contribution in [1.29, 1.82) is 0 Å². The molecule has 1 fully saturated rings. The molecule has 0 aliphatic carbocycles. The van der Waals surface area contributed by atoms with Crippen molar-refractivity contribution in [3.05, 3.63) is 30.3 Å². The summed E-state index contributed by atoms with van der Waals surface area (Å²) in [6.07, 6.45) is 1.50. The number of hydrogen-bond donors (Lipinski definition) is 1. The number of fused-ring (bicyclic) bond motifs is 1. The monoisotopic (exact) mass is 304 g/mol. The molecule has 1 saturated heterocycles. The predicted molar refractivity (Wildman–Crippen MR) is 84.5 cm³/mol. The molecule has 1 N–H and O–H groups in total. The van der Waals surface area contributed by atoms with Crippen molar-refractivity contribution in [2.24, 2.45) is 0 Å². The van der Waals surface area contributed by atoms with Crippen molar-refractivity contribution in [1.82, 2.24) is 14.9 Å². The van der Waals surface area contributed by atoms with Gasteiger partial charge in [-0.3, -0.25) is 4.90 Å². The summed E-state index contributed by atoms with van der Waals surface area (Å²) in [5.74, 6) is 0.400. The fourth-order valence-corrected chi connectivity index (χ4v) is 2.81. The summed E-state index contributed by atoms with van der Waals surface area (Å²) < 4.78 is 19.1. The van der Waals surface area contributed by atoms with Crippen LogP contribution in [0.5, 0.6) is 0 Å². The Labute approximate surface area is 129 Å². The van der Waals surface area contributed by atoms with Crippen LogP contribution in [0.15, 0.2) is 24.5 Å². The molecule has 3 rings (SSSR count). The first-order valence-electron chi connectivity index (χ1n) is 7.54. The number of benzene rings is 1. The van der Waals surface area contributed by atoms with Gasteiger partial charge in [0.1, 0.15) is 18.0 Å². The Bertz CT molecular complexity index is 662. The molecule has 1 aliphatic heterocycles. The van der Waals surface area contributed by atoms with Crippen LogP contribution in [0, 0.1) is 5.82 Å². The van der Waals surface area contributed by atoms with Gasteiger partial charge in [-0.05, 0) is 32.0 Å². The standard InChI is InChI=1S/C16H21FN4O/c1-16(2)10-21(7-8-22-16)6-5-18-15-13-9-12(17)3-4-14(13)19-11-20-15/h3-4,9,11H,5-8,10H2,1-2H3,(H,18,19,20). The summed E-state index contributed by atoms with van der Waals surface area (Å²) in [6, 6.07) is 4.55. The van der Waals surface area contributed by atoms with Crippen molar-refractivity contribution >= 4 is 16.7 Å². The highest BCUT2D eigenvalue weighted by atomic mass is 19.1. The van der Waals surface area contributed by atoms with Gasteiger partial charge in [-0.1, -0.05) is 0 Å². The molecule has 2 aromatic rings. The van der Waals surface area contributed by atoms with E-state index >= 15 is 0 Å². The first-order chi connectivity index (χ1) is 10.5. The van der Waals surface area contributed by atoms with Gasteiger partial charge in [0.25, 0.3) is 0 Å². The second-order valence-corrected chi connectivity index (χ2v) is 6.19. The van der Waals surface area contributed by atoms with Gasteiger partial charge >= 0.3 is 0 Å². The summed E-state index contributed by atoms with van der Waals surface area (Å²) in [7, 11) is 0. The molecule has 2 heterocycles. The van der Waals surface area contributed by atoms with Crippen LogP contribution in [-0.4, -0.2) is 53.3 Å². The van der Waals surface area contributed by atoms with E-state index in [1.807, 2.05) is 0 Å². The van der Waals surface area contributed by atoms with Crippen LogP contribution < -0.4 is 5.32 Å². The normalized spacial score (nSPS) is 18.5. The molecule has 118 valence electrons. The van der Waals surface area contributed by atoms with Gasteiger partial charge in [0, 0.05) is 31.6 Å². The van der Waals surface area contributed by atoms with E-state index in [4.69, 9.17) is 4.74 Å². The first kappa shape index (κ1) is 15.1. The lowest BCUT2D eigenvalue weighted by atomic mass is 10.1. The highest BCUT2D eigenvalue weighted by Gasteiger charge is 2.26. The summed E-state index contributed by atoms with van der Waals surface area (Å²) >= 11 is 0. The van der Waals surface area contributed by atoms with Gasteiger partial charge in [-0.25, -0.2) is 14.4 Å². The zero-order chi connectivity index (χ0) is 15.6. The van der Waals surface area contributed by atoms with Crippen LogP contribution in [0.1, 0.15) is 13.8 Å². The van der Waals surface area contributed by atoms with E-state index in [-0.39, 0.29) is 11.4 Å². The van der Waals surface area contributed by atoms with Gasteiger partial charge in [0.05, 0.1) is 17.7 Å². The minimum Gasteiger partial charge on any atom is -0.373 e. The van der Waals surface area contributed by atoms with Crippen molar-refractivity contribution in [2.45, 2.75) is 19.4 Å². The van der Waals surface area contributed by atoms with E-state index in [0.717, 1.165) is 38.3 Å². The quantitative estimate of drug-likeness (QED) is 0.939. The Balaban J connectivity index is 1.63. The Kier molecular flexibility index (Phi) is 4.22. The van der Waals surface area contributed by atoms with E-state index in [0.29, 0.717) is 11.2 Å². The van der Waals surface area contributed by atoms with Crippen LogP contribution in [-0.2, 0) is 4.74 Å². The Hall–Kier alpha value is -1.79. The SMILES string of the molecule is CC1(C)CN(CCNc2ncnc3ccc(F)cc23)CCO1. The van der Waals surface area contributed by atoms with Gasteiger partial charge < -0.3 is 10.1 Å². The molecule has 1 aliphatic rings. The molecule has 0 spiro atoms. The minimum atomic E-state index is -0.278. The van der Waals surface area contributed by atoms with Gasteiger partial charge in [-0.2, -0.15) is 0 Å². The lowest BCUT2D eigenvalue weighted by Crippen LogP contribution is -2.49. The molecule has 6 heteroatoms. The third-order valence-electron chi connectivity index (χ3n) is 3.82. The fourth-order valence-electron chi connectivity index (χ4n) is 2.81. The van der Waals surface area contributed by atoms with E-state index in [2.05, 4.69) is 34.0 Å². The molecule has 22 heavy (non-hydrogen) atoms. The van der Waals surface area contributed by atoms with E-state index in [9.17, 15) is 4.39 Å². The summed E-state index contributed by atoms with van der Waals surface area (Å²) in [5.41, 5.74) is 0.648. The molecular weight excluding hydrogens is 283 g/mol. The Morgan fingerprint density at radius 2 is 2.23 bits per heavy atom. The largest absolute Gasteiger partial charge is 0.373 e. The molecule has 0 atom stereocenters. The van der Waals surface area contributed by atoms with Crippen molar-refractivity contribution in [3.8, 4) is 0 Å². The highest BCUT2D eigenvalue weighted by molar-refractivity contribution is 5.88. The number of nitrogens with one attached hydrogen (secondary N) is 1. The van der Waals surface area contributed by atoms with Crippen molar-refractivity contribution < 1.29 is 9.13 Å². The first-order valence-corrected chi connectivity index (χ1v) is 7.54. The number of aromatic nitrogens is 2. The Morgan fingerprint density at radius 3 is 3.05 bits per heavy atom. The van der Waals surface area contributed by atoms with Crippen LogP contribution in [0.25, 0.3) is 10.9 Å². The summed E-state index contributed by atoms with van der Waals surface area (Å²) in [4.78, 5) is 10.7. The average molecular weight is 304 g/mol. The Morgan fingerprint density at radius 1 is 1.36 bits per heavy atom. The lowest BCUT2D eigenvalue weighted by molar-refractivity contribution is -0.0848. The van der Waals surface area contributed by atoms with E-state index in [1.54, 1.807) is 6.07 Å². The zero-order valence-corrected chi connectivity index (χ0v) is 13.0. The number of hydrogen-bond acceptors (Lipinski definition) is 5. The molecule has 1 aromatic carbocycles. The number of morpholine rings is 1. The molecule has 0 amide bonds. The number of halogens is 1. The number of anilines is 1. The molecule has 0 radical (unpaired) electrons. The lowest BCUT2D eigenvalue weighted by Gasteiger charge is -2.38. The maximum Gasteiger partial charge on any atom is 0.137 e. The molecule has 1 aromatic heterocycles. The van der Waals surface area contributed by atoms with Gasteiger partial charge in [-0.15, -0.1) is 0 Å². The van der Waals surface area contributed by atoms with Crippen molar-refractivity contribution in [2.75, 3.05) is 38.1 Å². The van der Waals surface area contributed by atoms with Crippen LogP contribution in [0.2, 0.25) is 0 Å². The molecule has 0 saturated carbocycles. The average Bonchev–Trinajstić information content (AvgIpc) is 2.47. The predicted octanol–water partition coefficient (Wildman–Crippen LogP) is 2.29. The van der Waals surface area contributed by atoms with Gasteiger partial charge in [0.15, 0.2) is 0 Å². The summed E-state index contributed by atoms with van der Waals surface area (Å²) in [6.45, 7) is 8.46. The molecule has 5 nitrogen and oxygen atoms in total. The van der Waals surface area contributed by atoms with Crippen LogP contribution in [0.4, 0.5) is 10.2 Å². The number of rotatable bonds is 4. The van der Waals surface area contributed by atoms with E-state index in [1.165, 1.54) is 18.5 Å².